The van der Waals surface area contributed by atoms with Crippen LogP contribution < -0.4 is 5.32 Å². The van der Waals surface area contributed by atoms with E-state index in [9.17, 15) is 24.0 Å². The van der Waals surface area contributed by atoms with Crippen molar-refractivity contribution in [2.45, 2.75) is 13.0 Å². The summed E-state index contributed by atoms with van der Waals surface area (Å²) in [5.41, 5.74) is -0.392. The molecule has 1 unspecified atom stereocenters. The lowest BCUT2D eigenvalue weighted by Gasteiger charge is -2.17. The minimum atomic E-state index is -0.780. The van der Waals surface area contributed by atoms with Crippen LogP contribution in [0.15, 0.2) is 36.4 Å². The smallest absolute Gasteiger partial charge is 0.295 e. The van der Waals surface area contributed by atoms with Gasteiger partial charge in [0.1, 0.15) is 17.3 Å². The molecule has 2 N–H and O–H groups in total. The molecule has 0 aliphatic rings. The van der Waals surface area contributed by atoms with Gasteiger partial charge in [0.05, 0.1) is 11.0 Å². The largest absolute Gasteiger partial charge is 0.507 e. The van der Waals surface area contributed by atoms with Gasteiger partial charge in [-0.2, -0.15) is 0 Å². The summed E-state index contributed by atoms with van der Waals surface area (Å²) in [5, 5.41) is 23.2. The van der Waals surface area contributed by atoms with Gasteiger partial charge in [-0.15, -0.1) is 0 Å². The molecule has 0 aliphatic heterocycles. The molecule has 1 atom stereocenters. The lowest BCUT2D eigenvalue weighted by molar-refractivity contribution is -0.384. The van der Waals surface area contributed by atoms with E-state index in [1.54, 1.807) is 6.92 Å². The third-order valence-electron chi connectivity index (χ3n) is 3.01. The predicted molar refractivity (Wildman–Crippen MR) is 73.2 cm³/mol. The summed E-state index contributed by atoms with van der Waals surface area (Å²) in [6.45, 7) is 1.57. The van der Waals surface area contributed by atoms with Crippen molar-refractivity contribution in [3.05, 3.63) is 63.7 Å². The minimum absolute atomic E-state index is 0.279. The number of nitro benzene ring substituents is 1. The fourth-order valence-corrected chi connectivity index (χ4v) is 1.99. The highest BCUT2D eigenvalue weighted by Crippen LogP contribution is 2.33. The molecule has 0 spiro atoms. The first-order valence-corrected chi connectivity index (χ1v) is 6.08. The number of benzene rings is 2. The number of anilines is 1. The zero-order chi connectivity index (χ0) is 15.6. The van der Waals surface area contributed by atoms with Crippen LogP contribution in [-0.2, 0) is 0 Å². The number of nitro groups is 1. The zero-order valence-corrected chi connectivity index (χ0v) is 11.0. The summed E-state index contributed by atoms with van der Waals surface area (Å²) >= 11 is 0. The molecule has 0 radical (unpaired) electrons. The minimum Gasteiger partial charge on any atom is -0.507 e. The number of para-hydroxylation sites is 1. The molecule has 0 saturated heterocycles. The Morgan fingerprint density at radius 1 is 1.29 bits per heavy atom. The van der Waals surface area contributed by atoms with Crippen molar-refractivity contribution in [1.82, 2.24) is 0 Å². The average molecular weight is 294 g/mol. The number of hydrogen-bond donors (Lipinski definition) is 2. The van der Waals surface area contributed by atoms with Crippen LogP contribution in [0.5, 0.6) is 5.75 Å². The fraction of sp³-hybridized carbons (Fsp3) is 0.143. The van der Waals surface area contributed by atoms with Crippen LogP contribution in [-0.4, -0.2) is 10.0 Å². The predicted octanol–water partition coefficient (Wildman–Crippen LogP) is 3.75. The van der Waals surface area contributed by atoms with E-state index in [1.807, 2.05) is 0 Å². The number of rotatable bonds is 4. The molecule has 0 aliphatic carbocycles. The lowest BCUT2D eigenvalue weighted by Crippen LogP contribution is -2.10. The summed E-state index contributed by atoms with van der Waals surface area (Å²) in [4.78, 5) is 10.2. The summed E-state index contributed by atoms with van der Waals surface area (Å²) in [7, 11) is 0. The topological polar surface area (TPSA) is 75.4 Å². The summed E-state index contributed by atoms with van der Waals surface area (Å²) in [5.74, 6) is -1.70. The zero-order valence-electron chi connectivity index (χ0n) is 11.0. The van der Waals surface area contributed by atoms with Crippen molar-refractivity contribution in [2.24, 2.45) is 0 Å². The standard InChI is InChI=1S/C14H12F2N2O3/c1-8(10-6-5-9(15)7-13(10)19)17-14-11(16)3-2-4-12(14)18(20)21/h2-8,17,19H,1H3. The maximum atomic E-state index is 13.8. The van der Waals surface area contributed by atoms with Crippen LogP contribution in [0.4, 0.5) is 20.2 Å². The van der Waals surface area contributed by atoms with Crippen molar-refractivity contribution >= 4 is 11.4 Å². The fourth-order valence-electron chi connectivity index (χ4n) is 1.99. The van der Waals surface area contributed by atoms with Crippen LogP contribution in [0.2, 0.25) is 0 Å². The molecular formula is C14H12F2N2O3. The molecule has 0 aromatic heterocycles. The van der Waals surface area contributed by atoms with Gasteiger partial charge in [-0.1, -0.05) is 12.1 Å². The monoisotopic (exact) mass is 294 g/mol. The van der Waals surface area contributed by atoms with Gasteiger partial charge in [-0.25, -0.2) is 8.78 Å². The second-order valence-electron chi connectivity index (χ2n) is 4.46. The molecule has 2 rings (SSSR count). The van der Waals surface area contributed by atoms with Crippen molar-refractivity contribution < 1.29 is 18.8 Å². The molecule has 0 bridgehead atoms. The molecule has 7 heteroatoms. The maximum Gasteiger partial charge on any atom is 0.295 e. The third-order valence-corrected chi connectivity index (χ3v) is 3.01. The molecule has 21 heavy (non-hydrogen) atoms. The number of hydrogen-bond acceptors (Lipinski definition) is 4. The summed E-state index contributed by atoms with van der Waals surface area (Å²) in [6.07, 6.45) is 0. The maximum absolute atomic E-state index is 13.8. The van der Waals surface area contributed by atoms with E-state index in [0.29, 0.717) is 5.56 Å². The number of aromatic hydroxyl groups is 1. The molecule has 0 saturated carbocycles. The third kappa shape index (κ3) is 3.07. The first kappa shape index (κ1) is 14.7. The van der Waals surface area contributed by atoms with E-state index >= 15 is 0 Å². The van der Waals surface area contributed by atoms with Crippen LogP contribution in [0.3, 0.4) is 0 Å². The van der Waals surface area contributed by atoms with E-state index in [4.69, 9.17) is 0 Å². The Labute approximate surface area is 119 Å². The van der Waals surface area contributed by atoms with Gasteiger partial charge in [0, 0.05) is 17.7 Å². The van der Waals surface area contributed by atoms with Gasteiger partial charge in [-0.05, 0) is 19.1 Å². The normalized spacial score (nSPS) is 12.0. The molecule has 0 fully saturated rings. The number of phenolic OH excluding ortho intramolecular Hbond substituents is 1. The Bertz CT molecular complexity index is 692. The molecular weight excluding hydrogens is 282 g/mol. The second kappa shape index (κ2) is 5.74. The Morgan fingerprint density at radius 3 is 2.62 bits per heavy atom. The highest BCUT2D eigenvalue weighted by atomic mass is 19.1. The van der Waals surface area contributed by atoms with Crippen molar-refractivity contribution in [2.75, 3.05) is 5.32 Å². The highest BCUT2D eigenvalue weighted by molar-refractivity contribution is 5.63. The lowest BCUT2D eigenvalue weighted by atomic mass is 10.1. The summed E-state index contributed by atoms with van der Waals surface area (Å²) in [6, 6.07) is 6.23. The van der Waals surface area contributed by atoms with Gasteiger partial charge in [0.15, 0.2) is 5.82 Å². The average Bonchev–Trinajstić information content (AvgIpc) is 2.40. The van der Waals surface area contributed by atoms with Gasteiger partial charge in [0.25, 0.3) is 5.69 Å². The van der Waals surface area contributed by atoms with E-state index in [1.165, 1.54) is 18.2 Å². The van der Waals surface area contributed by atoms with E-state index < -0.39 is 28.3 Å². The Kier molecular flexibility index (Phi) is 4.02. The number of halogens is 2. The second-order valence-corrected chi connectivity index (χ2v) is 4.46. The van der Waals surface area contributed by atoms with Gasteiger partial charge in [0.2, 0.25) is 0 Å². The highest BCUT2D eigenvalue weighted by Gasteiger charge is 2.21. The Morgan fingerprint density at radius 2 is 2.00 bits per heavy atom. The molecule has 2 aromatic rings. The van der Waals surface area contributed by atoms with Gasteiger partial charge < -0.3 is 10.4 Å². The SMILES string of the molecule is CC(Nc1c(F)cccc1[N+](=O)[O-])c1ccc(F)cc1O. The first-order valence-electron chi connectivity index (χ1n) is 6.08. The first-order chi connectivity index (χ1) is 9.90. The van der Waals surface area contributed by atoms with Crippen LogP contribution in [0, 0.1) is 21.7 Å². The van der Waals surface area contributed by atoms with Crippen LogP contribution in [0.1, 0.15) is 18.5 Å². The molecule has 2 aromatic carbocycles. The molecule has 5 nitrogen and oxygen atoms in total. The number of phenols is 1. The Hall–Kier alpha value is -2.70. The van der Waals surface area contributed by atoms with E-state index in [-0.39, 0.29) is 11.4 Å². The van der Waals surface area contributed by atoms with E-state index in [0.717, 1.165) is 18.2 Å². The molecule has 110 valence electrons. The molecule has 0 heterocycles. The molecule has 0 amide bonds. The van der Waals surface area contributed by atoms with Crippen LogP contribution in [0.25, 0.3) is 0 Å². The number of nitrogens with zero attached hydrogens (tertiary/aromatic N) is 1. The van der Waals surface area contributed by atoms with Crippen molar-refractivity contribution in [1.29, 1.82) is 0 Å². The van der Waals surface area contributed by atoms with Crippen molar-refractivity contribution in [3.63, 3.8) is 0 Å². The number of nitrogens with one attached hydrogen (secondary N) is 1. The van der Waals surface area contributed by atoms with Crippen LogP contribution >= 0.6 is 0 Å². The summed E-state index contributed by atoms with van der Waals surface area (Å²) < 4.78 is 26.7. The Balaban J connectivity index is 2.36. The van der Waals surface area contributed by atoms with Gasteiger partial charge >= 0.3 is 0 Å². The van der Waals surface area contributed by atoms with Gasteiger partial charge in [-0.3, -0.25) is 10.1 Å². The van der Waals surface area contributed by atoms with Crippen molar-refractivity contribution in [3.8, 4) is 5.75 Å². The quantitative estimate of drug-likeness (QED) is 0.665. The van der Waals surface area contributed by atoms with E-state index in [2.05, 4.69) is 5.32 Å².